The maximum Gasteiger partial charge on any atom is 0.246 e. The van der Waals surface area contributed by atoms with Gasteiger partial charge in [-0.3, -0.25) is 9.59 Å². The van der Waals surface area contributed by atoms with Gasteiger partial charge in [0.2, 0.25) is 11.8 Å². The zero-order chi connectivity index (χ0) is 14.9. The molecule has 1 saturated heterocycles. The molecular formula is C16H28N2O2. The quantitative estimate of drug-likeness (QED) is 0.812. The summed E-state index contributed by atoms with van der Waals surface area (Å²) in [5, 5.41) is 2.91. The fourth-order valence-corrected chi connectivity index (χ4v) is 3.12. The van der Waals surface area contributed by atoms with E-state index in [9.17, 15) is 9.59 Å². The minimum Gasteiger partial charge on any atom is -0.342 e. The van der Waals surface area contributed by atoms with Crippen LogP contribution < -0.4 is 5.32 Å². The molecule has 0 spiro atoms. The molecule has 1 aliphatic carbocycles. The van der Waals surface area contributed by atoms with E-state index in [4.69, 9.17) is 0 Å². The van der Waals surface area contributed by atoms with Gasteiger partial charge in [-0.25, -0.2) is 0 Å². The first-order valence-corrected chi connectivity index (χ1v) is 8.04. The summed E-state index contributed by atoms with van der Waals surface area (Å²) in [4.78, 5) is 26.5. The lowest BCUT2D eigenvalue weighted by Crippen LogP contribution is -2.65. The van der Waals surface area contributed by atoms with Crippen molar-refractivity contribution in [3.63, 3.8) is 0 Å². The second-order valence-corrected chi connectivity index (χ2v) is 6.92. The molecule has 4 nitrogen and oxygen atoms in total. The van der Waals surface area contributed by atoms with Crippen LogP contribution in [0.25, 0.3) is 0 Å². The third-order valence-electron chi connectivity index (χ3n) is 4.59. The Hall–Kier alpha value is -1.06. The predicted molar refractivity (Wildman–Crippen MR) is 79.1 cm³/mol. The Kier molecular flexibility index (Phi) is 4.71. The molecule has 1 aliphatic heterocycles. The van der Waals surface area contributed by atoms with Crippen molar-refractivity contribution in [3.05, 3.63) is 0 Å². The van der Waals surface area contributed by atoms with Crippen LogP contribution in [0.1, 0.15) is 59.8 Å². The van der Waals surface area contributed by atoms with Crippen LogP contribution in [-0.2, 0) is 9.59 Å². The molecule has 3 atom stereocenters. The largest absolute Gasteiger partial charge is 0.342 e. The fraction of sp³-hybridized carbons (Fsp3) is 0.875. The lowest BCUT2D eigenvalue weighted by molar-refractivity contribution is -0.151. The SMILES string of the molecule is CC(C)CCCC(C)N1C(=O)C(C2CC2)NC(=O)C1C. The predicted octanol–water partition coefficient (Wildman–Crippen LogP) is 2.33. The summed E-state index contributed by atoms with van der Waals surface area (Å²) in [6.07, 6.45) is 5.42. The molecule has 2 amide bonds. The molecule has 1 heterocycles. The molecular weight excluding hydrogens is 252 g/mol. The second kappa shape index (κ2) is 6.15. The van der Waals surface area contributed by atoms with Crippen LogP contribution in [-0.4, -0.2) is 34.8 Å². The lowest BCUT2D eigenvalue weighted by atomic mass is 9.98. The number of piperazine rings is 1. The zero-order valence-electron chi connectivity index (χ0n) is 13.2. The maximum atomic E-state index is 12.6. The highest BCUT2D eigenvalue weighted by Gasteiger charge is 2.46. The average Bonchev–Trinajstić information content (AvgIpc) is 3.17. The molecule has 0 aromatic rings. The van der Waals surface area contributed by atoms with Crippen molar-refractivity contribution in [2.45, 2.75) is 77.9 Å². The van der Waals surface area contributed by atoms with Gasteiger partial charge in [-0.05, 0) is 44.9 Å². The highest BCUT2D eigenvalue weighted by molar-refractivity contribution is 5.97. The number of rotatable bonds is 6. The van der Waals surface area contributed by atoms with Crippen LogP contribution in [0.15, 0.2) is 0 Å². The first-order chi connectivity index (χ1) is 9.41. The van der Waals surface area contributed by atoms with E-state index < -0.39 is 0 Å². The summed E-state index contributed by atoms with van der Waals surface area (Å²) in [7, 11) is 0. The number of hydrogen-bond acceptors (Lipinski definition) is 2. The zero-order valence-corrected chi connectivity index (χ0v) is 13.2. The molecule has 20 heavy (non-hydrogen) atoms. The molecule has 1 saturated carbocycles. The minimum absolute atomic E-state index is 0.0113. The van der Waals surface area contributed by atoms with E-state index in [2.05, 4.69) is 26.1 Å². The normalized spacial score (nSPS) is 28.8. The van der Waals surface area contributed by atoms with Gasteiger partial charge in [0.15, 0.2) is 0 Å². The summed E-state index contributed by atoms with van der Waals surface area (Å²) < 4.78 is 0. The summed E-state index contributed by atoms with van der Waals surface area (Å²) in [6.45, 7) is 8.36. The Morgan fingerprint density at radius 2 is 1.85 bits per heavy atom. The lowest BCUT2D eigenvalue weighted by Gasteiger charge is -2.41. The van der Waals surface area contributed by atoms with Gasteiger partial charge in [0.05, 0.1) is 0 Å². The smallest absolute Gasteiger partial charge is 0.246 e. The van der Waals surface area contributed by atoms with E-state index in [-0.39, 0.29) is 29.9 Å². The van der Waals surface area contributed by atoms with Crippen molar-refractivity contribution in [1.82, 2.24) is 10.2 Å². The van der Waals surface area contributed by atoms with Crippen molar-refractivity contribution >= 4 is 11.8 Å². The van der Waals surface area contributed by atoms with E-state index in [0.29, 0.717) is 11.8 Å². The van der Waals surface area contributed by atoms with Crippen molar-refractivity contribution in [3.8, 4) is 0 Å². The number of carbonyl (C=O) groups is 2. The van der Waals surface area contributed by atoms with Crippen molar-refractivity contribution in [1.29, 1.82) is 0 Å². The van der Waals surface area contributed by atoms with Gasteiger partial charge < -0.3 is 10.2 Å². The summed E-state index contributed by atoms with van der Waals surface area (Å²) in [5.41, 5.74) is 0. The Labute approximate surface area is 122 Å². The molecule has 4 heteroatoms. The van der Waals surface area contributed by atoms with Crippen molar-refractivity contribution < 1.29 is 9.59 Å². The van der Waals surface area contributed by atoms with Gasteiger partial charge in [-0.15, -0.1) is 0 Å². The molecule has 0 bridgehead atoms. The molecule has 114 valence electrons. The van der Waals surface area contributed by atoms with Crippen LogP contribution in [0.4, 0.5) is 0 Å². The van der Waals surface area contributed by atoms with Gasteiger partial charge in [0, 0.05) is 6.04 Å². The monoisotopic (exact) mass is 280 g/mol. The molecule has 3 unspecified atom stereocenters. The molecule has 0 aromatic carbocycles. The molecule has 0 aromatic heterocycles. The standard InChI is InChI=1S/C16H28N2O2/c1-10(2)6-5-7-11(3)18-12(4)15(19)17-14(16(18)20)13-8-9-13/h10-14H,5-9H2,1-4H3,(H,17,19). The highest BCUT2D eigenvalue weighted by Crippen LogP contribution is 2.35. The fourth-order valence-electron chi connectivity index (χ4n) is 3.12. The molecule has 0 radical (unpaired) electrons. The van der Waals surface area contributed by atoms with Gasteiger partial charge >= 0.3 is 0 Å². The molecule has 2 aliphatic rings. The first-order valence-electron chi connectivity index (χ1n) is 8.04. The van der Waals surface area contributed by atoms with Gasteiger partial charge in [0.1, 0.15) is 12.1 Å². The number of nitrogens with zero attached hydrogens (tertiary/aromatic N) is 1. The van der Waals surface area contributed by atoms with Crippen molar-refractivity contribution in [2.24, 2.45) is 11.8 Å². The summed E-state index contributed by atoms with van der Waals surface area (Å²) in [6, 6.07) is -0.429. The molecule has 2 fully saturated rings. The van der Waals surface area contributed by atoms with E-state index in [1.54, 1.807) is 0 Å². The Morgan fingerprint density at radius 1 is 1.20 bits per heavy atom. The van der Waals surface area contributed by atoms with Crippen molar-refractivity contribution in [2.75, 3.05) is 0 Å². The van der Waals surface area contributed by atoms with E-state index >= 15 is 0 Å². The minimum atomic E-state index is -0.327. The van der Waals surface area contributed by atoms with Gasteiger partial charge in [0.25, 0.3) is 0 Å². The number of amides is 2. The third-order valence-corrected chi connectivity index (χ3v) is 4.59. The second-order valence-electron chi connectivity index (χ2n) is 6.92. The van der Waals surface area contributed by atoms with E-state index in [0.717, 1.165) is 25.7 Å². The Balaban J connectivity index is 1.98. The third kappa shape index (κ3) is 3.33. The Bertz CT molecular complexity index is 377. The highest BCUT2D eigenvalue weighted by atomic mass is 16.2. The number of hydrogen-bond donors (Lipinski definition) is 1. The first kappa shape index (κ1) is 15.3. The summed E-state index contributed by atoms with van der Waals surface area (Å²) in [5.74, 6) is 1.22. The van der Waals surface area contributed by atoms with E-state index in [1.165, 1.54) is 6.42 Å². The van der Waals surface area contributed by atoms with Crippen LogP contribution in [0, 0.1) is 11.8 Å². The van der Waals surface area contributed by atoms with Crippen LogP contribution >= 0.6 is 0 Å². The van der Waals surface area contributed by atoms with Gasteiger partial charge in [-0.2, -0.15) is 0 Å². The number of carbonyl (C=O) groups excluding carboxylic acids is 2. The summed E-state index contributed by atoms with van der Waals surface area (Å²) >= 11 is 0. The topological polar surface area (TPSA) is 49.4 Å². The average molecular weight is 280 g/mol. The molecule has 2 rings (SSSR count). The van der Waals surface area contributed by atoms with Crippen LogP contribution in [0.2, 0.25) is 0 Å². The van der Waals surface area contributed by atoms with Gasteiger partial charge in [-0.1, -0.05) is 26.7 Å². The van der Waals surface area contributed by atoms with Crippen LogP contribution in [0.3, 0.4) is 0 Å². The number of nitrogens with one attached hydrogen (secondary N) is 1. The van der Waals surface area contributed by atoms with E-state index in [1.807, 2.05) is 11.8 Å². The Morgan fingerprint density at radius 3 is 2.40 bits per heavy atom. The van der Waals surface area contributed by atoms with Crippen LogP contribution in [0.5, 0.6) is 0 Å². The maximum absolute atomic E-state index is 12.6. The molecule has 1 N–H and O–H groups in total.